The molecule has 7 heteroatoms. The number of rotatable bonds is 5. The number of aliphatic carboxylic acids is 1. The van der Waals surface area contributed by atoms with Gasteiger partial charge in [0.05, 0.1) is 0 Å². The molecule has 2 rings (SSSR count). The average molecular weight is 373 g/mol. The Labute approximate surface area is 152 Å². The van der Waals surface area contributed by atoms with E-state index in [1.165, 1.54) is 11.8 Å². The maximum Gasteiger partial charge on any atom is 0.323 e. The van der Waals surface area contributed by atoms with Crippen molar-refractivity contribution in [1.82, 2.24) is 9.80 Å². The van der Waals surface area contributed by atoms with Crippen molar-refractivity contribution in [3.63, 3.8) is 0 Å². The first-order valence-electron chi connectivity index (χ1n) is 8.02. The smallest absolute Gasteiger partial charge is 0.323 e. The van der Waals surface area contributed by atoms with Crippen LogP contribution in [0.1, 0.15) is 31.7 Å². The lowest BCUT2D eigenvalue weighted by molar-refractivity contribution is -0.145. The number of benzene rings is 1. The summed E-state index contributed by atoms with van der Waals surface area (Å²) >= 11 is 12.3. The van der Waals surface area contributed by atoms with E-state index in [2.05, 4.69) is 4.90 Å². The number of carbonyl (C=O) groups excluding carboxylic acids is 1. The highest BCUT2D eigenvalue weighted by Crippen LogP contribution is 2.24. The first-order valence-corrected chi connectivity index (χ1v) is 8.77. The van der Waals surface area contributed by atoms with Crippen molar-refractivity contribution < 1.29 is 14.7 Å². The van der Waals surface area contributed by atoms with Gasteiger partial charge in [-0.1, -0.05) is 23.2 Å². The van der Waals surface area contributed by atoms with Crippen LogP contribution >= 0.6 is 23.2 Å². The molecule has 0 radical (unpaired) electrons. The van der Waals surface area contributed by atoms with Gasteiger partial charge in [0, 0.05) is 36.1 Å². The molecule has 1 N–H and O–H groups in total. The Morgan fingerprint density at radius 1 is 1.29 bits per heavy atom. The molecule has 1 heterocycles. The van der Waals surface area contributed by atoms with Crippen molar-refractivity contribution in [2.24, 2.45) is 0 Å². The summed E-state index contributed by atoms with van der Waals surface area (Å²) in [6, 6.07) is 5.41. The van der Waals surface area contributed by atoms with Crippen LogP contribution in [-0.2, 0) is 16.1 Å². The number of hydrogen-bond donors (Lipinski definition) is 1. The van der Waals surface area contributed by atoms with Crippen molar-refractivity contribution >= 4 is 35.1 Å². The second-order valence-corrected chi connectivity index (χ2v) is 6.98. The minimum Gasteiger partial charge on any atom is -0.480 e. The lowest BCUT2D eigenvalue weighted by Gasteiger charge is -2.29. The molecule has 1 aromatic carbocycles. The Bertz CT molecular complexity index is 609. The molecular weight excluding hydrogens is 351 g/mol. The van der Waals surface area contributed by atoms with Crippen LogP contribution in [0.25, 0.3) is 0 Å². The number of halogens is 2. The first kappa shape index (κ1) is 19.0. The van der Waals surface area contributed by atoms with E-state index in [1.54, 1.807) is 12.1 Å². The number of hydrogen-bond acceptors (Lipinski definition) is 3. The molecule has 0 aliphatic carbocycles. The number of nitrogens with zero attached hydrogens (tertiary/aromatic N) is 2. The van der Waals surface area contributed by atoms with Gasteiger partial charge in [-0.15, -0.1) is 0 Å². The van der Waals surface area contributed by atoms with Gasteiger partial charge >= 0.3 is 5.97 Å². The van der Waals surface area contributed by atoms with E-state index in [1.807, 2.05) is 6.07 Å². The minimum atomic E-state index is -0.975. The summed E-state index contributed by atoms with van der Waals surface area (Å²) in [5.41, 5.74) is 0.983. The van der Waals surface area contributed by atoms with Gasteiger partial charge in [0.25, 0.3) is 0 Å². The number of carboxylic acids is 1. The van der Waals surface area contributed by atoms with Crippen LogP contribution in [0.5, 0.6) is 0 Å². The largest absolute Gasteiger partial charge is 0.480 e. The summed E-state index contributed by atoms with van der Waals surface area (Å²) in [7, 11) is 0. The third kappa shape index (κ3) is 5.36. The predicted octanol–water partition coefficient (Wildman–Crippen LogP) is 3.28. The van der Waals surface area contributed by atoms with Gasteiger partial charge in [-0.3, -0.25) is 14.5 Å². The zero-order valence-corrected chi connectivity index (χ0v) is 15.2. The predicted molar refractivity (Wildman–Crippen MR) is 94.4 cm³/mol. The van der Waals surface area contributed by atoms with Crippen LogP contribution in [0.4, 0.5) is 0 Å². The zero-order valence-electron chi connectivity index (χ0n) is 13.7. The van der Waals surface area contributed by atoms with E-state index in [4.69, 9.17) is 28.3 Å². The Hall–Kier alpha value is -1.30. The van der Waals surface area contributed by atoms with Crippen LogP contribution in [0, 0.1) is 0 Å². The molecule has 0 spiro atoms. The fourth-order valence-electron chi connectivity index (χ4n) is 3.16. The summed E-state index contributed by atoms with van der Waals surface area (Å²) in [6.07, 6.45) is 2.48. The highest BCUT2D eigenvalue weighted by atomic mass is 35.5. The summed E-state index contributed by atoms with van der Waals surface area (Å²) in [5, 5.41) is 10.4. The lowest BCUT2D eigenvalue weighted by atomic mass is 10.1. The Balaban J connectivity index is 2.00. The molecule has 1 aliphatic rings. The summed E-state index contributed by atoms with van der Waals surface area (Å²) in [4.78, 5) is 26.5. The number of likely N-dealkylation sites (tertiary alicyclic amines) is 1. The standard InChI is InChI=1S/C17H22Cl2N2O3/c1-12(22)21(11-17(23)24)15-3-2-7-20(8-6-15)10-13-9-14(18)4-5-16(13)19/h4-5,9,15H,2-3,6-8,10-11H2,1H3,(H,23,24). The van der Waals surface area contributed by atoms with Crippen molar-refractivity contribution in [1.29, 1.82) is 0 Å². The van der Waals surface area contributed by atoms with Crippen LogP contribution in [0.15, 0.2) is 18.2 Å². The van der Waals surface area contributed by atoms with Crippen molar-refractivity contribution in [3.05, 3.63) is 33.8 Å². The van der Waals surface area contributed by atoms with Crippen LogP contribution < -0.4 is 0 Å². The van der Waals surface area contributed by atoms with Gasteiger partial charge < -0.3 is 10.0 Å². The van der Waals surface area contributed by atoms with E-state index in [0.29, 0.717) is 16.6 Å². The van der Waals surface area contributed by atoms with Crippen LogP contribution in [0.2, 0.25) is 10.0 Å². The van der Waals surface area contributed by atoms with Crippen molar-refractivity contribution in [3.8, 4) is 0 Å². The van der Waals surface area contributed by atoms with Crippen molar-refractivity contribution in [2.45, 2.75) is 38.8 Å². The maximum atomic E-state index is 11.8. The summed E-state index contributed by atoms with van der Waals surface area (Å²) < 4.78 is 0. The normalized spacial score (nSPS) is 18.9. The second kappa shape index (κ2) is 8.70. The lowest BCUT2D eigenvalue weighted by Crippen LogP contribution is -2.42. The topological polar surface area (TPSA) is 60.9 Å². The fraction of sp³-hybridized carbons (Fsp3) is 0.529. The summed E-state index contributed by atoms with van der Waals surface area (Å²) in [5.74, 6) is -1.16. The van der Waals surface area contributed by atoms with Gasteiger partial charge in [-0.25, -0.2) is 0 Å². The highest BCUT2D eigenvalue weighted by molar-refractivity contribution is 6.33. The van der Waals surface area contributed by atoms with Gasteiger partial charge in [0.2, 0.25) is 5.91 Å². The molecule has 1 unspecified atom stereocenters. The molecule has 1 atom stereocenters. The Morgan fingerprint density at radius 2 is 2.04 bits per heavy atom. The van der Waals surface area contributed by atoms with E-state index >= 15 is 0 Å². The van der Waals surface area contributed by atoms with Crippen LogP contribution in [-0.4, -0.2) is 52.5 Å². The van der Waals surface area contributed by atoms with Gasteiger partial charge in [-0.05, 0) is 49.6 Å². The third-order valence-corrected chi connectivity index (χ3v) is 4.95. The Morgan fingerprint density at radius 3 is 2.71 bits per heavy atom. The second-order valence-electron chi connectivity index (χ2n) is 6.14. The quantitative estimate of drug-likeness (QED) is 0.861. The number of carboxylic acid groups (broad SMARTS) is 1. The minimum absolute atomic E-state index is 0.0292. The molecule has 0 saturated carbocycles. The fourth-order valence-corrected chi connectivity index (χ4v) is 3.53. The van der Waals surface area contributed by atoms with Gasteiger partial charge in [0.15, 0.2) is 0 Å². The van der Waals surface area contributed by atoms with Crippen molar-refractivity contribution in [2.75, 3.05) is 19.6 Å². The van der Waals surface area contributed by atoms with Crippen LogP contribution in [0.3, 0.4) is 0 Å². The molecule has 0 bridgehead atoms. The SMILES string of the molecule is CC(=O)N(CC(=O)O)C1CCCN(Cc2cc(Cl)ccc2Cl)CC1. The van der Waals surface area contributed by atoms with Gasteiger partial charge in [0.1, 0.15) is 6.54 Å². The molecule has 5 nitrogen and oxygen atoms in total. The average Bonchev–Trinajstić information content (AvgIpc) is 2.74. The Kier molecular flexibility index (Phi) is 6.90. The maximum absolute atomic E-state index is 11.8. The zero-order chi connectivity index (χ0) is 17.7. The molecule has 1 aliphatic heterocycles. The van der Waals surface area contributed by atoms with E-state index in [-0.39, 0.29) is 18.5 Å². The molecule has 0 aromatic heterocycles. The van der Waals surface area contributed by atoms with E-state index in [0.717, 1.165) is 37.9 Å². The number of amides is 1. The number of carbonyl (C=O) groups is 2. The third-order valence-electron chi connectivity index (χ3n) is 4.34. The van der Waals surface area contributed by atoms with E-state index < -0.39 is 5.97 Å². The molecule has 1 fully saturated rings. The molecule has 132 valence electrons. The molecule has 1 aromatic rings. The summed E-state index contributed by atoms with van der Waals surface area (Å²) in [6.45, 7) is 3.57. The molecule has 1 amide bonds. The highest BCUT2D eigenvalue weighted by Gasteiger charge is 2.26. The first-order chi connectivity index (χ1) is 11.4. The monoisotopic (exact) mass is 372 g/mol. The molecule has 1 saturated heterocycles. The molecular formula is C17H22Cl2N2O3. The van der Waals surface area contributed by atoms with E-state index in [9.17, 15) is 9.59 Å². The molecule has 24 heavy (non-hydrogen) atoms. The van der Waals surface area contributed by atoms with Gasteiger partial charge in [-0.2, -0.15) is 0 Å².